The monoisotopic (exact) mass is 267 g/mol. The first kappa shape index (κ1) is 14.4. The molecule has 1 aromatic carbocycles. The molecule has 0 spiro atoms. The molecule has 2 atom stereocenters. The smallest absolute Gasteiger partial charge is 0.162 e. The molecular weight excluding hydrogens is 244 g/mol. The van der Waals surface area contributed by atoms with Crippen molar-refractivity contribution in [3.05, 3.63) is 34.9 Å². The average molecular weight is 267 g/mol. The van der Waals surface area contributed by atoms with Gasteiger partial charge in [-0.3, -0.25) is 0 Å². The first-order valence-electron chi connectivity index (χ1n) is 7.31. The Morgan fingerprint density at radius 1 is 1.16 bits per heavy atom. The molecule has 1 N–H and O–H groups in total. The molecule has 1 nitrogen and oxygen atoms in total. The standard InChI is InChI=1S/C16H23F2N/c1-3-19-13-7-5-4-6-12(10-13)14-9-8-11(2)15(17)16(14)18/h8-9,12-13,19H,3-7,10H2,1-2H3. The number of halogens is 2. The molecule has 0 aliphatic heterocycles. The lowest BCUT2D eigenvalue weighted by atomic mass is 9.89. The topological polar surface area (TPSA) is 12.0 Å². The zero-order valence-electron chi connectivity index (χ0n) is 11.8. The van der Waals surface area contributed by atoms with Crippen molar-refractivity contribution in [1.29, 1.82) is 0 Å². The second kappa shape index (κ2) is 6.47. The Balaban J connectivity index is 2.22. The highest BCUT2D eigenvalue weighted by molar-refractivity contribution is 5.28. The highest BCUT2D eigenvalue weighted by atomic mass is 19.2. The maximum Gasteiger partial charge on any atom is 0.162 e. The van der Waals surface area contributed by atoms with Crippen LogP contribution in [0, 0.1) is 18.6 Å². The molecule has 1 aliphatic rings. The molecule has 1 aromatic rings. The largest absolute Gasteiger partial charge is 0.314 e. The van der Waals surface area contributed by atoms with Crippen LogP contribution in [0.15, 0.2) is 12.1 Å². The van der Waals surface area contributed by atoms with Crippen molar-refractivity contribution in [2.45, 2.75) is 57.9 Å². The summed E-state index contributed by atoms with van der Waals surface area (Å²) < 4.78 is 27.8. The first-order valence-corrected chi connectivity index (χ1v) is 7.31. The summed E-state index contributed by atoms with van der Waals surface area (Å²) in [5, 5.41) is 3.45. The van der Waals surface area contributed by atoms with Crippen molar-refractivity contribution in [1.82, 2.24) is 5.32 Å². The van der Waals surface area contributed by atoms with Gasteiger partial charge in [-0.2, -0.15) is 0 Å². The lowest BCUT2D eigenvalue weighted by molar-refractivity contribution is 0.430. The number of nitrogens with one attached hydrogen (secondary N) is 1. The Kier molecular flexibility index (Phi) is 4.92. The van der Waals surface area contributed by atoms with E-state index < -0.39 is 11.6 Å². The fourth-order valence-corrected chi connectivity index (χ4v) is 3.09. The first-order chi connectivity index (χ1) is 9.13. The second-order valence-electron chi connectivity index (χ2n) is 5.57. The molecule has 0 aromatic heterocycles. The van der Waals surface area contributed by atoms with E-state index in [0.717, 1.165) is 32.2 Å². The van der Waals surface area contributed by atoms with E-state index in [0.29, 0.717) is 17.2 Å². The Labute approximate surface area is 114 Å². The van der Waals surface area contributed by atoms with E-state index in [9.17, 15) is 8.78 Å². The third-order valence-corrected chi connectivity index (χ3v) is 4.16. The van der Waals surface area contributed by atoms with Crippen molar-refractivity contribution in [2.75, 3.05) is 6.54 Å². The van der Waals surface area contributed by atoms with E-state index in [4.69, 9.17) is 0 Å². The van der Waals surface area contributed by atoms with E-state index in [-0.39, 0.29) is 5.92 Å². The van der Waals surface area contributed by atoms with Gasteiger partial charge in [-0.1, -0.05) is 31.9 Å². The molecule has 106 valence electrons. The number of hydrogen-bond donors (Lipinski definition) is 1. The molecule has 0 saturated heterocycles. The summed E-state index contributed by atoms with van der Waals surface area (Å²) in [7, 11) is 0. The summed E-state index contributed by atoms with van der Waals surface area (Å²) in [4.78, 5) is 0. The van der Waals surface area contributed by atoms with E-state index >= 15 is 0 Å². The van der Waals surface area contributed by atoms with E-state index in [1.165, 1.54) is 6.42 Å². The van der Waals surface area contributed by atoms with Crippen molar-refractivity contribution in [3.8, 4) is 0 Å². The van der Waals surface area contributed by atoms with Gasteiger partial charge < -0.3 is 5.32 Å². The predicted molar refractivity (Wildman–Crippen MR) is 74.4 cm³/mol. The van der Waals surface area contributed by atoms with Gasteiger partial charge in [0.15, 0.2) is 11.6 Å². The minimum absolute atomic E-state index is 0.140. The Morgan fingerprint density at radius 2 is 1.89 bits per heavy atom. The van der Waals surface area contributed by atoms with Gasteiger partial charge in [0.1, 0.15) is 0 Å². The number of benzene rings is 1. The second-order valence-corrected chi connectivity index (χ2v) is 5.57. The van der Waals surface area contributed by atoms with E-state index in [1.807, 2.05) is 0 Å². The lowest BCUT2D eigenvalue weighted by Gasteiger charge is -2.21. The molecule has 0 amide bonds. The van der Waals surface area contributed by atoms with Crippen LogP contribution in [0.1, 0.15) is 56.1 Å². The van der Waals surface area contributed by atoms with Crippen LogP contribution in [0.4, 0.5) is 8.78 Å². The van der Waals surface area contributed by atoms with Crippen molar-refractivity contribution in [2.24, 2.45) is 0 Å². The molecule has 1 saturated carbocycles. The summed E-state index contributed by atoms with van der Waals surface area (Å²) >= 11 is 0. The maximum absolute atomic E-state index is 14.1. The van der Waals surface area contributed by atoms with Crippen LogP contribution in [0.25, 0.3) is 0 Å². The van der Waals surface area contributed by atoms with Crippen molar-refractivity contribution >= 4 is 0 Å². The normalized spacial score (nSPS) is 24.2. The van der Waals surface area contributed by atoms with Crippen LogP contribution in [0.2, 0.25) is 0 Å². The number of hydrogen-bond acceptors (Lipinski definition) is 1. The fraction of sp³-hybridized carbons (Fsp3) is 0.625. The third-order valence-electron chi connectivity index (χ3n) is 4.16. The quantitative estimate of drug-likeness (QED) is 0.805. The molecule has 19 heavy (non-hydrogen) atoms. The molecule has 3 heteroatoms. The van der Waals surface area contributed by atoms with Crippen LogP contribution in [0.5, 0.6) is 0 Å². The van der Waals surface area contributed by atoms with Gasteiger partial charge in [-0.25, -0.2) is 8.78 Å². The zero-order chi connectivity index (χ0) is 13.8. The Hall–Kier alpha value is -0.960. The summed E-state index contributed by atoms with van der Waals surface area (Å²) in [5.74, 6) is -1.18. The zero-order valence-corrected chi connectivity index (χ0v) is 11.8. The third kappa shape index (κ3) is 3.33. The van der Waals surface area contributed by atoms with Gasteiger partial charge in [0.25, 0.3) is 0 Å². The summed E-state index contributed by atoms with van der Waals surface area (Å²) in [6.07, 6.45) is 5.28. The molecule has 2 rings (SSSR count). The Bertz CT molecular complexity index is 431. The average Bonchev–Trinajstić information content (AvgIpc) is 2.62. The number of aryl methyl sites for hydroxylation is 1. The minimum atomic E-state index is -0.679. The van der Waals surface area contributed by atoms with Gasteiger partial charge >= 0.3 is 0 Å². The SMILES string of the molecule is CCNC1CCCCC(c2ccc(C)c(F)c2F)C1. The van der Waals surface area contributed by atoms with Gasteiger partial charge in [-0.05, 0) is 49.8 Å². The van der Waals surface area contributed by atoms with E-state index in [2.05, 4.69) is 12.2 Å². The minimum Gasteiger partial charge on any atom is -0.314 e. The van der Waals surface area contributed by atoms with Gasteiger partial charge in [-0.15, -0.1) is 0 Å². The summed E-state index contributed by atoms with van der Waals surface area (Å²) in [6.45, 7) is 4.63. The molecule has 1 fully saturated rings. The van der Waals surface area contributed by atoms with Gasteiger partial charge in [0, 0.05) is 6.04 Å². The molecule has 0 radical (unpaired) electrons. The van der Waals surface area contributed by atoms with Crippen molar-refractivity contribution < 1.29 is 8.78 Å². The summed E-state index contributed by atoms with van der Waals surface area (Å²) in [6, 6.07) is 3.90. The van der Waals surface area contributed by atoms with Crippen LogP contribution in [-0.2, 0) is 0 Å². The molecule has 0 heterocycles. The van der Waals surface area contributed by atoms with E-state index in [1.54, 1.807) is 19.1 Å². The highest BCUT2D eigenvalue weighted by Crippen LogP contribution is 2.34. The predicted octanol–water partition coefficient (Wildman–Crippen LogP) is 4.30. The van der Waals surface area contributed by atoms with Crippen LogP contribution in [0.3, 0.4) is 0 Å². The van der Waals surface area contributed by atoms with Gasteiger partial charge in [0.2, 0.25) is 0 Å². The Morgan fingerprint density at radius 3 is 2.63 bits per heavy atom. The highest BCUT2D eigenvalue weighted by Gasteiger charge is 2.24. The molecule has 1 aliphatic carbocycles. The maximum atomic E-state index is 14.1. The van der Waals surface area contributed by atoms with Crippen LogP contribution < -0.4 is 5.32 Å². The fourth-order valence-electron chi connectivity index (χ4n) is 3.09. The van der Waals surface area contributed by atoms with Gasteiger partial charge in [0.05, 0.1) is 0 Å². The van der Waals surface area contributed by atoms with Crippen LogP contribution in [-0.4, -0.2) is 12.6 Å². The number of rotatable bonds is 3. The van der Waals surface area contributed by atoms with Crippen molar-refractivity contribution in [3.63, 3.8) is 0 Å². The lowest BCUT2D eigenvalue weighted by Crippen LogP contribution is -2.29. The molecule has 0 bridgehead atoms. The van der Waals surface area contributed by atoms with Crippen LogP contribution >= 0.6 is 0 Å². The molecular formula is C16H23F2N. The summed E-state index contributed by atoms with van der Waals surface area (Å²) in [5.41, 5.74) is 0.950. The molecule has 2 unspecified atom stereocenters.